The molecule has 0 saturated carbocycles. The average molecular weight is 281 g/mol. The van der Waals surface area contributed by atoms with Gasteiger partial charge in [0, 0.05) is 5.56 Å². The Hall–Kier alpha value is -2.01. The number of rotatable bonds is 4. The van der Waals surface area contributed by atoms with Crippen molar-refractivity contribution in [3.8, 4) is 5.75 Å². The molecule has 20 heavy (non-hydrogen) atoms. The Balaban J connectivity index is 2.06. The number of hydrogen-bond donors (Lipinski definition) is 1. The molecule has 2 aromatic rings. The van der Waals surface area contributed by atoms with E-state index in [2.05, 4.69) is 0 Å². The molecule has 2 aromatic carbocycles. The second-order valence-corrected chi connectivity index (χ2v) is 4.47. The van der Waals surface area contributed by atoms with Gasteiger partial charge < -0.3 is 10.5 Å². The molecule has 0 aliphatic carbocycles. The van der Waals surface area contributed by atoms with Gasteiger partial charge in [0.25, 0.3) is 0 Å². The largest absolute Gasteiger partial charge is 0.492 e. The van der Waals surface area contributed by atoms with E-state index in [0.29, 0.717) is 11.3 Å². The molecular weight excluding hydrogens is 267 g/mol. The lowest BCUT2D eigenvalue weighted by molar-refractivity contribution is 0.286. The lowest BCUT2D eigenvalue weighted by Gasteiger charge is -2.15. The number of nitrogens with two attached hydrogens (primary N) is 1. The van der Waals surface area contributed by atoms with Crippen molar-refractivity contribution < 1.29 is 17.9 Å². The monoisotopic (exact) mass is 281 g/mol. The van der Waals surface area contributed by atoms with E-state index in [9.17, 15) is 13.2 Å². The molecule has 0 radical (unpaired) electrons. The second kappa shape index (κ2) is 5.96. The van der Waals surface area contributed by atoms with Crippen LogP contribution < -0.4 is 10.5 Å². The molecule has 0 fully saturated rings. The van der Waals surface area contributed by atoms with Gasteiger partial charge in [-0.25, -0.2) is 13.2 Å². The Labute approximate surface area is 115 Å². The van der Waals surface area contributed by atoms with E-state index in [4.69, 9.17) is 10.5 Å². The van der Waals surface area contributed by atoms with Gasteiger partial charge in [-0.3, -0.25) is 0 Å². The minimum atomic E-state index is -0.973. The van der Waals surface area contributed by atoms with Crippen LogP contribution in [0.1, 0.15) is 17.2 Å². The summed E-state index contributed by atoms with van der Waals surface area (Å²) in [5.41, 5.74) is 6.26. The molecular formula is C15H14F3NO. The maximum absolute atomic E-state index is 13.5. The number of aryl methyl sites for hydroxylation is 1. The molecule has 0 amide bonds. The van der Waals surface area contributed by atoms with E-state index in [0.717, 1.165) is 6.07 Å². The van der Waals surface area contributed by atoms with Gasteiger partial charge in [0.1, 0.15) is 18.2 Å². The fourth-order valence-corrected chi connectivity index (χ4v) is 1.79. The Morgan fingerprint density at radius 1 is 1.10 bits per heavy atom. The first-order chi connectivity index (χ1) is 9.49. The molecule has 0 aliphatic heterocycles. The summed E-state index contributed by atoms with van der Waals surface area (Å²) in [5.74, 6) is -1.83. The minimum Gasteiger partial charge on any atom is -0.492 e. The first-order valence-corrected chi connectivity index (χ1v) is 6.07. The average Bonchev–Trinajstić information content (AvgIpc) is 2.43. The summed E-state index contributed by atoms with van der Waals surface area (Å²) in [4.78, 5) is 0. The molecule has 1 unspecified atom stereocenters. The molecule has 2 rings (SSSR count). The molecule has 0 aromatic heterocycles. The highest BCUT2D eigenvalue weighted by Gasteiger charge is 2.15. The van der Waals surface area contributed by atoms with E-state index in [1.807, 2.05) is 0 Å². The summed E-state index contributed by atoms with van der Waals surface area (Å²) < 4.78 is 45.1. The van der Waals surface area contributed by atoms with Crippen LogP contribution in [0, 0.1) is 24.4 Å². The van der Waals surface area contributed by atoms with Crippen LogP contribution in [0.25, 0.3) is 0 Å². The first kappa shape index (κ1) is 14.4. The van der Waals surface area contributed by atoms with E-state index >= 15 is 0 Å². The highest BCUT2D eigenvalue weighted by atomic mass is 19.2. The van der Waals surface area contributed by atoms with Crippen LogP contribution >= 0.6 is 0 Å². The molecule has 0 bridgehead atoms. The normalized spacial score (nSPS) is 12.2. The molecule has 0 saturated heterocycles. The quantitative estimate of drug-likeness (QED) is 0.931. The van der Waals surface area contributed by atoms with Gasteiger partial charge in [-0.15, -0.1) is 0 Å². The zero-order valence-corrected chi connectivity index (χ0v) is 10.9. The summed E-state index contributed by atoms with van der Waals surface area (Å²) in [6.07, 6.45) is 0. The van der Waals surface area contributed by atoms with Crippen LogP contribution in [0.5, 0.6) is 5.75 Å². The van der Waals surface area contributed by atoms with Crippen molar-refractivity contribution in [2.45, 2.75) is 13.0 Å². The van der Waals surface area contributed by atoms with Crippen LogP contribution in [-0.2, 0) is 0 Å². The van der Waals surface area contributed by atoms with Gasteiger partial charge >= 0.3 is 0 Å². The molecule has 0 heterocycles. The van der Waals surface area contributed by atoms with Crippen molar-refractivity contribution in [1.82, 2.24) is 0 Å². The third-order valence-corrected chi connectivity index (χ3v) is 2.94. The van der Waals surface area contributed by atoms with Gasteiger partial charge in [-0.05, 0) is 36.8 Å². The predicted molar refractivity (Wildman–Crippen MR) is 69.9 cm³/mol. The Morgan fingerprint density at radius 3 is 2.55 bits per heavy atom. The second-order valence-electron chi connectivity index (χ2n) is 4.47. The number of hydrogen-bond acceptors (Lipinski definition) is 2. The molecule has 2 nitrogen and oxygen atoms in total. The van der Waals surface area contributed by atoms with E-state index in [1.54, 1.807) is 6.92 Å². The Bertz CT molecular complexity index is 616. The van der Waals surface area contributed by atoms with Gasteiger partial charge in [-0.2, -0.15) is 0 Å². The third kappa shape index (κ3) is 3.11. The molecule has 1 atom stereocenters. The standard InChI is InChI=1S/C15H14F3NO/c1-9-7-10(5-6-12(9)16)20-8-14(19)11-3-2-4-13(17)15(11)18/h2-7,14H,8,19H2,1H3. The third-order valence-electron chi connectivity index (χ3n) is 2.94. The summed E-state index contributed by atoms with van der Waals surface area (Å²) in [7, 11) is 0. The molecule has 106 valence electrons. The van der Waals surface area contributed by atoms with Crippen molar-refractivity contribution >= 4 is 0 Å². The first-order valence-electron chi connectivity index (χ1n) is 6.07. The molecule has 5 heteroatoms. The number of ether oxygens (including phenoxy) is 1. The van der Waals surface area contributed by atoms with Gasteiger partial charge in [0.2, 0.25) is 0 Å². The predicted octanol–water partition coefficient (Wildman–Crippen LogP) is 3.49. The number of halogens is 3. The van der Waals surface area contributed by atoms with Crippen molar-refractivity contribution in [3.05, 3.63) is 65.0 Å². The zero-order chi connectivity index (χ0) is 14.7. The van der Waals surface area contributed by atoms with Crippen LogP contribution in [0.15, 0.2) is 36.4 Å². The Kier molecular flexibility index (Phi) is 4.29. The fraction of sp³-hybridized carbons (Fsp3) is 0.200. The van der Waals surface area contributed by atoms with E-state index in [1.165, 1.54) is 30.3 Å². The van der Waals surface area contributed by atoms with Crippen LogP contribution in [0.4, 0.5) is 13.2 Å². The maximum Gasteiger partial charge on any atom is 0.163 e. The van der Waals surface area contributed by atoms with Crippen LogP contribution in [-0.4, -0.2) is 6.61 Å². The van der Waals surface area contributed by atoms with Gasteiger partial charge in [-0.1, -0.05) is 12.1 Å². The fourth-order valence-electron chi connectivity index (χ4n) is 1.79. The molecule has 0 aliphatic rings. The highest BCUT2D eigenvalue weighted by Crippen LogP contribution is 2.20. The minimum absolute atomic E-state index is 0.0363. The topological polar surface area (TPSA) is 35.2 Å². The zero-order valence-electron chi connectivity index (χ0n) is 10.9. The van der Waals surface area contributed by atoms with E-state index < -0.39 is 17.7 Å². The Morgan fingerprint density at radius 2 is 1.85 bits per heavy atom. The highest BCUT2D eigenvalue weighted by molar-refractivity contribution is 5.29. The van der Waals surface area contributed by atoms with Crippen molar-refractivity contribution in [2.75, 3.05) is 6.61 Å². The van der Waals surface area contributed by atoms with Gasteiger partial charge in [0.05, 0.1) is 6.04 Å². The summed E-state index contributed by atoms with van der Waals surface area (Å²) in [5, 5.41) is 0. The van der Waals surface area contributed by atoms with Crippen molar-refractivity contribution in [1.29, 1.82) is 0 Å². The SMILES string of the molecule is Cc1cc(OCC(N)c2cccc(F)c2F)ccc1F. The summed E-state index contributed by atoms with van der Waals surface area (Å²) in [6, 6.07) is 7.25. The van der Waals surface area contributed by atoms with Crippen molar-refractivity contribution in [3.63, 3.8) is 0 Å². The van der Waals surface area contributed by atoms with Crippen LogP contribution in [0.3, 0.4) is 0 Å². The maximum atomic E-state index is 13.5. The molecule has 2 N–H and O–H groups in total. The lowest BCUT2D eigenvalue weighted by Crippen LogP contribution is -2.20. The summed E-state index contributed by atoms with van der Waals surface area (Å²) in [6.45, 7) is 1.57. The van der Waals surface area contributed by atoms with E-state index in [-0.39, 0.29) is 18.0 Å². The smallest absolute Gasteiger partial charge is 0.163 e. The molecule has 0 spiro atoms. The summed E-state index contributed by atoms with van der Waals surface area (Å²) >= 11 is 0. The van der Waals surface area contributed by atoms with Gasteiger partial charge in [0.15, 0.2) is 11.6 Å². The van der Waals surface area contributed by atoms with Crippen LogP contribution in [0.2, 0.25) is 0 Å². The number of benzene rings is 2. The lowest BCUT2D eigenvalue weighted by atomic mass is 10.1. The van der Waals surface area contributed by atoms with Crippen molar-refractivity contribution in [2.24, 2.45) is 5.73 Å².